The van der Waals surface area contributed by atoms with Crippen molar-refractivity contribution in [2.24, 2.45) is 11.8 Å². The molecule has 1 aliphatic carbocycles. The summed E-state index contributed by atoms with van der Waals surface area (Å²) in [6, 6.07) is 2.21. The third-order valence-corrected chi connectivity index (χ3v) is 2.61. The smallest absolute Gasteiger partial charge is 0.225 e. The number of carbonyl (C=O) groups is 1. The molecule has 1 aliphatic heterocycles. The number of hydrogen-bond donors (Lipinski definition) is 0. The van der Waals surface area contributed by atoms with E-state index in [2.05, 4.69) is 6.07 Å². The highest BCUT2D eigenvalue weighted by molar-refractivity contribution is 5.81. The van der Waals surface area contributed by atoms with Crippen LogP contribution in [0.3, 0.4) is 0 Å². The van der Waals surface area contributed by atoms with E-state index >= 15 is 0 Å². The van der Waals surface area contributed by atoms with Gasteiger partial charge in [-0.05, 0) is 19.3 Å². The topological polar surface area (TPSA) is 44.1 Å². The summed E-state index contributed by atoms with van der Waals surface area (Å²) < 4.78 is 0. The van der Waals surface area contributed by atoms with E-state index in [-0.39, 0.29) is 11.8 Å². The van der Waals surface area contributed by atoms with Crippen molar-refractivity contribution < 1.29 is 4.79 Å². The molecule has 64 valence electrons. The Morgan fingerprint density at radius 3 is 2.67 bits per heavy atom. The van der Waals surface area contributed by atoms with Crippen LogP contribution in [-0.4, -0.2) is 23.9 Å². The van der Waals surface area contributed by atoms with Crippen LogP contribution < -0.4 is 0 Å². The molecule has 2 aliphatic rings. The fourth-order valence-electron chi connectivity index (χ4n) is 1.65. The SMILES string of the molecule is N#CC1CCN(C(=O)C2CC2)C1. The van der Waals surface area contributed by atoms with Gasteiger partial charge in [0.05, 0.1) is 12.0 Å². The number of nitrogens with zero attached hydrogens (tertiary/aromatic N) is 2. The Balaban J connectivity index is 1.90. The van der Waals surface area contributed by atoms with E-state index in [0.29, 0.717) is 12.5 Å². The lowest BCUT2D eigenvalue weighted by atomic mass is 10.1. The minimum atomic E-state index is 0.0905. The quantitative estimate of drug-likeness (QED) is 0.574. The standard InChI is InChI=1S/C9H12N2O/c10-5-7-3-4-11(6-7)9(12)8-1-2-8/h7-8H,1-4,6H2. The molecule has 0 aromatic rings. The molecule has 1 heterocycles. The molecular weight excluding hydrogens is 152 g/mol. The van der Waals surface area contributed by atoms with Crippen LogP contribution in [0.2, 0.25) is 0 Å². The van der Waals surface area contributed by atoms with Gasteiger partial charge in [-0.25, -0.2) is 0 Å². The zero-order valence-electron chi connectivity index (χ0n) is 6.99. The summed E-state index contributed by atoms with van der Waals surface area (Å²) in [6.07, 6.45) is 2.99. The number of nitriles is 1. The molecule has 12 heavy (non-hydrogen) atoms. The van der Waals surface area contributed by atoms with Crippen molar-refractivity contribution in [3.05, 3.63) is 0 Å². The van der Waals surface area contributed by atoms with E-state index in [1.807, 2.05) is 4.90 Å². The summed E-state index contributed by atoms with van der Waals surface area (Å²) in [6.45, 7) is 1.47. The van der Waals surface area contributed by atoms with Crippen LogP contribution in [0.1, 0.15) is 19.3 Å². The highest BCUT2D eigenvalue weighted by atomic mass is 16.2. The molecule has 1 amide bonds. The van der Waals surface area contributed by atoms with Gasteiger partial charge in [0.25, 0.3) is 0 Å². The van der Waals surface area contributed by atoms with Crippen molar-refractivity contribution in [3.63, 3.8) is 0 Å². The molecule has 3 heteroatoms. The van der Waals surface area contributed by atoms with Crippen molar-refractivity contribution in [1.29, 1.82) is 5.26 Å². The highest BCUT2D eigenvalue weighted by Gasteiger charge is 2.36. The first-order chi connectivity index (χ1) is 5.81. The molecule has 0 N–H and O–H groups in total. The normalized spacial score (nSPS) is 28.6. The minimum absolute atomic E-state index is 0.0905. The van der Waals surface area contributed by atoms with Gasteiger partial charge in [0.15, 0.2) is 0 Å². The van der Waals surface area contributed by atoms with Crippen LogP contribution in [0.15, 0.2) is 0 Å². The Morgan fingerprint density at radius 2 is 2.17 bits per heavy atom. The Labute approximate surface area is 72.0 Å². The first kappa shape index (κ1) is 7.60. The van der Waals surface area contributed by atoms with Gasteiger partial charge in [-0.3, -0.25) is 4.79 Å². The van der Waals surface area contributed by atoms with Crippen LogP contribution in [0, 0.1) is 23.2 Å². The number of hydrogen-bond acceptors (Lipinski definition) is 2. The molecule has 1 saturated heterocycles. The van der Waals surface area contributed by atoms with E-state index in [1.165, 1.54) is 0 Å². The second-order valence-corrected chi connectivity index (χ2v) is 3.67. The number of carbonyl (C=O) groups excluding carboxylic acids is 1. The number of likely N-dealkylation sites (tertiary alicyclic amines) is 1. The van der Waals surface area contributed by atoms with Crippen LogP contribution in [0.25, 0.3) is 0 Å². The van der Waals surface area contributed by atoms with Crippen molar-refractivity contribution in [2.45, 2.75) is 19.3 Å². The molecule has 2 fully saturated rings. The molecular formula is C9H12N2O. The maximum atomic E-state index is 11.5. The van der Waals surface area contributed by atoms with Gasteiger partial charge in [0.1, 0.15) is 0 Å². The van der Waals surface area contributed by atoms with Crippen LogP contribution >= 0.6 is 0 Å². The zero-order chi connectivity index (χ0) is 8.55. The second kappa shape index (κ2) is 2.78. The summed E-state index contributed by atoms with van der Waals surface area (Å²) in [7, 11) is 0. The Bertz CT molecular complexity index is 239. The summed E-state index contributed by atoms with van der Waals surface area (Å²) in [5.74, 6) is 0.683. The molecule has 1 saturated carbocycles. The van der Waals surface area contributed by atoms with Gasteiger partial charge >= 0.3 is 0 Å². The average Bonchev–Trinajstić information content (AvgIpc) is 2.82. The van der Waals surface area contributed by atoms with E-state index in [0.717, 1.165) is 25.8 Å². The van der Waals surface area contributed by atoms with E-state index in [1.54, 1.807) is 0 Å². The highest BCUT2D eigenvalue weighted by Crippen LogP contribution is 2.32. The lowest BCUT2D eigenvalue weighted by Gasteiger charge is -2.14. The Hall–Kier alpha value is -1.04. The average molecular weight is 164 g/mol. The summed E-state index contributed by atoms with van der Waals surface area (Å²) >= 11 is 0. The Kier molecular flexibility index (Phi) is 1.76. The van der Waals surface area contributed by atoms with Gasteiger partial charge in [0.2, 0.25) is 5.91 Å². The van der Waals surface area contributed by atoms with Gasteiger partial charge in [0, 0.05) is 19.0 Å². The van der Waals surface area contributed by atoms with Crippen molar-refractivity contribution in [1.82, 2.24) is 4.90 Å². The van der Waals surface area contributed by atoms with Gasteiger partial charge in [-0.2, -0.15) is 5.26 Å². The fraction of sp³-hybridized carbons (Fsp3) is 0.778. The van der Waals surface area contributed by atoms with E-state index < -0.39 is 0 Å². The fourth-order valence-corrected chi connectivity index (χ4v) is 1.65. The summed E-state index contributed by atoms with van der Waals surface area (Å²) in [5, 5.41) is 8.63. The second-order valence-electron chi connectivity index (χ2n) is 3.67. The molecule has 0 bridgehead atoms. The van der Waals surface area contributed by atoms with E-state index in [4.69, 9.17) is 5.26 Å². The molecule has 2 rings (SSSR count). The number of rotatable bonds is 1. The maximum absolute atomic E-state index is 11.5. The Morgan fingerprint density at radius 1 is 1.42 bits per heavy atom. The molecule has 1 atom stereocenters. The third kappa shape index (κ3) is 1.29. The largest absolute Gasteiger partial charge is 0.341 e. The van der Waals surface area contributed by atoms with E-state index in [9.17, 15) is 4.79 Å². The van der Waals surface area contributed by atoms with Crippen LogP contribution in [0.4, 0.5) is 0 Å². The first-order valence-corrected chi connectivity index (χ1v) is 4.49. The third-order valence-electron chi connectivity index (χ3n) is 2.61. The molecule has 0 radical (unpaired) electrons. The molecule has 3 nitrogen and oxygen atoms in total. The van der Waals surface area contributed by atoms with Crippen molar-refractivity contribution in [3.8, 4) is 6.07 Å². The van der Waals surface area contributed by atoms with Crippen LogP contribution in [0.5, 0.6) is 0 Å². The van der Waals surface area contributed by atoms with Crippen molar-refractivity contribution >= 4 is 5.91 Å². The zero-order valence-corrected chi connectivity index (χ0v) is 6.99. The summed E-state index contributed by atoms with van der Waals surface area (Å²) in [4.78, 5) is 13.3. The maximum Gasteiger partial charge on any atom is 0.225 e. The number of amides is 1. The lowest BCUT2D eigenvalue weighted by Crippen LogP contribution is -2.29. The van der Waals surface area contributed by atoms with Gasteiger partial charge < -0.3 is 4.90 Å². The predicted octanol–water partition coefficient (Wildman–Crippen LogP) is 0.768. The molecule has 0 spiro atoms. The monoisotopic (exact) mass is 164 g/mol. The molecule has 0 aromatic heterocycles. The summed E-state index contributed by atoms with van der Waals surface area (Å²) in [5.41, 5.74) is 0. The van der Waals surface area contributed by atoms with Crippen molar-refractivity contribution in [2.75, 3.05) is 13.1 Å². The predicted molar refractivity (Wildman–Crippen MR) is 43.0 cm³/mol. The molecule has 0 aromatic carbocycles. The minimum Gasteiger partial charge on any atom is -0.341 e. The lowest BCUT2D eigenvalue weighted by molar-refractivity contribution is -0.131. The first-order valence-electron chi connectivity index (χ1n) is 4.49. The van der Waals surface area contributed by atoms with Crippen LogP contribution in [-0.2, 0) is 4.79 Å². The van der Waals surface area contributed by atoms with Gasteiger partial charge in [-0.1, -0.05) is 0 Å². The molecule has 1 unspecified atom stereocenters. The van der Waals surface area contributed by atoms with Gasteiger partial charge in [-0.15, -0.1) is 0 Å².